The van der Waals surface area contributed by atoms with Crippen LogP contribution in [0.25, 0.3) is 0 Å². The molecule has 1 unspecified atom stereocenters. The third-order valence-corrected chi connectivity index (χ3v) is 6.67. The topological polar surface area (TPSA) is 68.3 Å². The van der Waals surface area contributed by atoms with Gasteiger partial charge in [0.05, 0.1) is 15.5 Å². The maximum atomic E-state index is 12.9. The fraction of sp³-hybridized carbons (Fsp3) is 0.632. The lowest BCUT2D eigenvalue weighted by Crippen LogP contribution is -2.51. The maximum Gasteiger partial charge on any atom is 0.312 e. The minimum Gasteiger partial charge on any atom is -0.452 e. The zero-order chi connectivity index (χ0) is 18.5. The standard InChI is InChI=1S/C19H22Cl2N2O3/c1-10(17(24)23-16-15(21)5-14(20)9-22-16)26-18(25)19-6-11-2-12(7-19)4-13(3-11)8-19/h5,9-13H,2-4,6-8H2,1H3,(H,22,23,24). The van der Waals surface area contributed by atoms with Gasteiger partial charge < -0.3 is 10.1 Å². The van der Waals surface area contributed by atoms with Crippen LogP contribution in [0, 0.1) is 23.2 Å². The number of nitrogens with zero attached hydrogens (tertiary/aromatic N) is 1. The van der Waals surface area contributed by atoms with Gasteiger partial charge in [-0.05, 0) is 69.3 Å². The monoisotopic (exact) mass is 396 g/mol. The van der Waals surface area contributed by atoms with E-state index in [1.807, 2.05) is 0 Å². The van der Waals surface area contributed by atoms with Crippen LogP contribution < -0.4 is 5.32 Å². The molecule has 4 aliphatic rings. The van der Waals surface area contributed by atoms with E-state index in [1.54, 1.807) is 6.92 Å². The molecule has 0 aromatic carbocycles. The van der Waals surface area contributed by atoms with E-state index in [1.165, 1.54) is 31.5 Å². The molecular weight excluding hydrogens is 375 g/mol. The molecule has 4 aliphatic carbocycles. The molecule has 1 aromatic heterocycles. The van der Waals surface area contributed by atoms with Crippen molar-refractivity contribution in [2.75, 3.05) is 5.32 Å². The number of aromatic nitrogens is 1. The van der Waals surface area contributed by atoms with E-state index in [9.17, 15) is 9.59 Å². The quantitative estimate of drug-likeness (QED) is 0.761. The summed E-state index contributed by atoms with van der Waals surface area (Å²) in [6, 6.07) is 1.50. The molecule has 1 amide bonds. The Kier molecular flexibility index (Phi) is 4.64. The number of rotatable bonds is 4. The van der Waals surface area contributed by atoms with Gasteiger partial charge in [0, 0.05) is 6.20 Å². The van der Waals surface area contributed by atoms with Gasteiger partial charge in [-0.1, -0.05) is 23.2 Å². The van der Waals surface area contributed by atoms with Gasteiger partial charge in [-0.3, -0.25) is 9.59 Å². The average Bonchev–Trinajstić information content (AvgIpc) is 2.56. The first kappa shape index (κ1) is 18.1. The molecule has 26 heavy (non-hydrogen) atoms. The smallest absolute Gasteiger partial charge is 0.312 e. The third kappa shape index (κ3) is 3.31. The Morgan fingerprint density at radius 2 is 1.77 bits per heavy atom. The zero-order valence-electron chi connectivity index (χ0n) is 14.6. The molecule has 4 saturated carbocycles. The Balaban J connectivity index is 1.40. The molecule has 1 atom stereocenters. The fourth-order valence-electron chi connectivity index (χ4n) is 5.42. The van der Waals surface area contributed by atoms with Crippen molar-refractivity contribution in [1.29, 1.82) is 0 Å². The van der Waals surface area contributed by atoms with Crippen LogP contribution >= 0.6 is 23.2 Å². The van der Waals surface area contributed by atoms with Gasteiger partial charge in [0.2, 0.25) is 0 Å². The number of hydrogen-bond donors (Lipinski definition) is 1. The van der Waals surface area contributed by atoms with Crippen LogP contribution in [0.4, 0.5) is 5.82 Å². The fourth-order valence-corrected chi connectivity index (χ4v) is 5.85. The maximum absolute atomic E-state index is 12.9. The average molecular weight is 397 g/mol. The molecule has 1 heterocycles. The molecule has 0 aliphatic heterocycles. The Hall–Kier alpha value is -1.33. The summed E-state index contributed by atoms with van der Waals surface area (Å²) in [6.07, 6.45) is 7.00. The van der Waals surface area contributed by atoms with Crippen LogP contribution in [0.15, 0.2) is 12.3 Å². The van der Waals surface area contributed by atoms with Gasteiger partial charge >= 0.3 is 5.97 Å². The van der Waals surface area contributed by atoms with Crippen LogP contribution in [0.1, 0.15) is 45.4 Å². The molecule has 4 fully saturated rings. The number of hydrogen-bond acceptors (Lipinski definition) is 4. The van der Waals surface area contributed by atoms with E-state index in [2.05, 4.69) is 10.3 Å². The molecule has 5 nitrogen and oxygen atoms in total. The summed E-state index contributed by atoms with van der Waals surface area (Å²) in [5, 5.41) is 3.22. The highest BCUT2D eigenvalue weighted by atomic mass is 35.5. The van der Waals surface area contributed by atoms with Crippen molar-refractivity contribution in [3.63, 3.8) is 0 Å². The van der Waals surface area contributed by atoms with E-state index in [-0.39, 0.29) is 22.2 Å². The number of pyridine rings is 1. The number of ether oxygens (including phenoxy) is 1. The molecule has 7 heteroatoms. The number of amides is 1. The first-order valence-corrected chi connectivity index (χ1v) is 9.93. The summed E-state index contributed by atoms with van der Waals surface area (Å²) < 4.78 is 5.58. The summed E-state index contributed by atoms with van der Waals surface area (Å²) >= 11 is 11.8. The number of anilines is 1. The summed E-state index contributed by atoms with van der Waals surface area (Å²) in [7, 11) is 0. The van der Waals surface area contributed by atoms with E-state index >= 15 is 0 Å². The van der Waals surface area contributed by atoms with Crippen LogP contribution in [-0.4, -0.2) is 23.0 Å². The van der Waals surface area contributed by atoms with Gasteiger partial charge in [0.1, 0.15) is 0 Å². The molecular formula is C19H22Cl2N2O3. The summed E-state index contributed by atoms with van der Waals surface area (Å²) in [6.45, 7) is 1.58. The molecule has 1 aromatic rings. The minimum absolute atomic E-state index is 0.207. The Bertz CT molecular complexity index is 717. The van der Waals surface area contributed by atoms with Gasteiger partial charge in [-0.15, -0.1) is 0 Å². The largest absolute Gasteiger partial charge is 0.452 e. The predicted octanol–water partition coefficient (Wildman–Crippen LogP) is 4.48. The van der Waals surface area contributed by atoms with Crippen molar-refractivity contribution in [3.8, 4) is 0 Å². The molecule has 0 radical (unpaired) electrons. The highest BCUT2D eigenvalue weighted by Crippen LogP contribution is 2.60. The van der Waals surface area contributed by atoms with Crippen LogP contribution in [-0.2, 0) is 14.3 Å². The number of esters is 1. The van der Waals surface area contributed by atoms with Crippen molar-refractivity contribution >= 4 is 40.9 Å². The number of carbonyl (C=O) groups is 2. The molecule has 0 saturated heterocycles. The molecule has 5 rings (SSSR count). The molecule has 140 valence electrons. The van der Waals surface area contributed by atoms with Gasteiger partial charge in [-0.25, -0.2) is 4.98 Å². The molecule has 4 bridgehead atoms. The van der Waals surface area contributed by atoms with Crippen molar-refractivity contribution in [3.05, 3.63) is 22.3 Å². The normalized spacial score (nSPS) is 33.0. The zero-order valence-corrected chi connectivity index (χ0v) is 16.1. The van der Waals surface area contributed by atoms with Crippen LogP contribution in [0.3, 0.4) is 0 Å². The SMILES string of the molecule is CC(OC(=O)C12CC3CC(CC(C3)C1)C2)C(=O)Nc1ncc(Cl)cc1Cl. The van der Waals surface area contributed by atoms with Crippen molar-refractivity contribution in [1.82, 2.24) is 4.98 Å². The third-order valence-electron chi connectivity index (χ3n) is 6.17. The summed E-state index contributed by atoms with van der Waals surface area (Å²) in [4.78, 5) is 29.3. The lowest BCUT2D eigenvalue weighted by Gasteiger charge is -2.55. The number of halogens is 2. The van der Waals surface area contributed by atoms with Crippen LogP contribution in [0.2, 0.25) is 10.0 Å². The first-order valence-electron chi connectivity index (χ1n) is 9.17. The van der Waals surface area contributed by atoms with Gasteiger partial charge in [0.15, 0.2) is 11.9 Å². The Morgan fingerprint density at radius 3 is 2.31 bits per heavy atom. The minimum atomic E-state index is -0.899. The van der Waals surface area contributed by atoms with E-state index in [0.717, 1.165) is 19.3 Å². The van der Waals surface area contributed by atoms with E-state index < -0.39 is 12.0 Å². The van der Waals surface area contributed by atoms with Gasteiger partial charge in [-0.2, -0.15) is 0 Å². The predicted molar refractivity (Wildman–Crippen MR) is 99.0 cm³/mol. The van der Waals surface area contributed by atoms with Crippen LogP contribution in [0.5, 0.6) is 0 Å². The van der Waals surface area contributed by atoms with E-state index in [4.69, 9.17) is 27.9 Å². The van der Waals surface area contributed by atoms with Crippen molar-refractivity contribution < 1.29 is 14.3 Å². The highest BCUT2D eigenvalue weighted by Gasteiger charge is 2.55. The first-order chi connectivity index (χ1) is 12.3. The van der Waals surface area contributed by atoms with Crippen molar-refractivity contribution in [2.45, 2.75) is 51.6 Å². The second-order valence-electron chi connectivity index (χ2n) is 8.22. The Labute approximate surface area is 162 Å². The highest BCUT2D eigenvalue weighted by molar-refractivity contribution is 6.36. The second-order valence-corrected chi connectivity index (χ2v) is 9.06. The molecule has 1 N–H and O–H groups in total. The summed E-state index contributed by atoms with van der Waals surface area (Å²) in [5.74, 6) is 1.49. The van der Waals surface area contributed by atoms with Crippen molar-refractivity contribution in [2.24, 2.45) is 23.2 Å². The second kappa shape index (κ2) is 6.68. The number of carbonyl (C=O) groups excluding carboxylic acids is 2. The lowest BCUT2D eigenvalue weighted by molar-refractivity contribution is -0.177. The summed E-state index contributed by atoms with van der Waals surface area (Å²) in [5.41, 5.74) is -0.376. The molecule has 0 spiro atoms. The van der Waals surface area contributed by atoms with Gasteiger partial charge in [0.25, 0.3) is 5.91 Å². The Morgan fingerprint density at radius 1 is 1.19 bits per heavy atom. The van der Waals surface area contributed by atoms with E-state index in [0.29, 0.717) is 22.8 Å². The lowest BCUT2D eigenvalue weighted by atomic mass is 9.49. The number of nitrogens with one attached hydrogen (secondary N) is 1.